The predicted octanol–water partition coefficient (Wildman–Crippen LogP) is 2.78. The second-order valence-corrected chi connectivity index (χ2v) is 6.55. The Morgan fingerprint density at radius 2 is 1.83 bits per heavy atom. The number of benzene rings is 2. The molecule has 1 amide bonds. The van der Waals surface area contributed by atoms with E-state index < -0.39 is 5.91 Å². The lowest BCUT2D eigenvalue weighted by Crippen LogP contribution is -2.37. The first-order valence-electron chi connectivity index (χ1n) is 9.68. The zero-order chi connectivity index (χ0) is 21.1. The molecule has 0 aromatic heterocycles. The first-order valence-corrected chi connectivity index (χ1v) is 9.68. The third-order valence-electron chi connectivity index (χ3n) is 4.20. The number of halogens is 1. The summed E-state index contributed by atoms with van der Waals surface area (Å²) in [4.78, 5) is 15.0. The quantitative estimate of drug-likeness (QED) is 0.251. The summed E-state index contributed by atoms with van der Waals surface area (Å²) < 4.78 is 11.0. The third kappa shape index (κ3) is 8.89. The molecule has 0 saturated heterocycles. The van der Waals surface area contributed by atoms with Gasteiger partial charge in [-0.1, -0.05) is 24.3 Å². The van der Waals surface area contributed by atoms with Crippen LogP contribution in [0.1, 0.15) is 23.6 Å². The summed E-state index contributed by atoms with van der Waals surface area (Å²) in [5.41, 5.74) is 8.48. The van der Waals surface area contributed by atoms with Gasteiger partial charge in [-0.25, -0.2) is 0 Å². The number of aryl methyl sites for hydroxylation is 1. The molecule has 0 spiro atoms. The number of carbonyl (C=O) groups is 1. The number of nitrogens with zero attached hydrogens (tertiary/aromatic N) is 1. The molecule has 0 fully saturated rings. The number of hydrogen-bond acceptors (Lipinski definition) is 4. The fourth-order valence-electron chi connectivity index (χ4n) is 2.73. The Balaban J connectivity index is 0.00000450. The van der Waals surface area contributed by atoms with Crippen LogP contribution in [0, 0.1) is 6.92 Å². The van der Waals surface area contributed by atoms with E-state index in [2.05, 4.69) is 34.7 Å². The van der Waals surface area contributed by atoms with Gasteiger partial charge < -0.3 is 25.8 Å². The fraction of sp³-hybridized carbons (Fsp3) is 0.364. The van der Waals surface area contributed by atoms with Crippen molar-refractivity contribution >= 4 is 35.8 Å². The SMILES string of the molecule is CCOc1cc(C)ccc1CNC(=NC)NCCc1ccc(OCC(N)=O)cc1.I. The maximum atomic E-state index is 10.7. The Labute approximate surface area is 195 Å². The van der Waals surface area contributed by atoms with E-state index >= 15 is 0 Å². The molecule has 2 aromatic rings. The molecule has 0 aliphatic rings. The molecular weight excluding hydrogens is 495 g/mol. The Morgan fingerprint density at radius 3 is 2.47 bits per heavy atom. The van der Waals surface area contributed by atoms with Crippen LogP contribution >= 0.6 is 24.0 Å². The zero-order valence-corrected chi connectivity index (χ0v) is 20.1. The number of ether oxygens (including phenoxy) is 2. The van der Waals surface area contributed by atoms with E-state index in [1.54, 1.807) is 7.05 Å². The number of hydrogen-bond donors (Lipinski definition) is 3. The van der Waals surface area contributed by atoms with E-state index in [0.29, 0.717) is 18.9 Å². The maximum Gasteiger partial charge on any atom is 0.255 e. The number of nitrogens with one attached hydrogen (secondary N) is 2. The Hall–Kier alpha value is -2.49. The standard InChI is InChI=1S/C22H30N4O3.HI/c1-4-28-20-13-16(2)5-8-18(20)14-26-22(24-3)25-12-11-17-6-9-19(10-7-17)29-15-21(23)27;/h5-10,13H,4,11-12,14-15H2,1-3H3,(H2,23,27)(H2,24,25,26);1H. The zero-order valence-electron chi connectivity index (χ0n) is 17.7. The molecule has 0 aliphatic carbocycles. The normalized spacial score (nSPS) is 10.7. The van der Waals surface area contributed by atoms with E-state index in [9.17, 15) is 4.79 Å². The van der Waals surface area contributed by atoms with Crippen LogP contribution in [-0.4, -0.2) is 38.7 Å². The van der Waals surface area contributed by atoms with Crippen molar-refractivity contribution in [3.05, 3.63) is 59.2 Å². The number of nitrogens with two attached hydrogens (primary N) is 1. The van der Waals surface area contributed by atoms with E-state index in [-0.39, 0.29) is 30.6 Å². The molecule has 0 bridgehead atoms. The molecule has 0 heterocycles. The summed E-state index contributed by atoms with van der Waals surface area (Å²) in [5, 5.41) is 6.63. The molecule has 0 radical (unpaired) electrons. The first kappa shape index (κ1) is 25.5. The molecule has 8 heteroatoms. The van der Waals surface area contributed by atoms with Gasteiger partial charge in [0.05, 0.1) is 6.61 Å². The first-order chi connectivity index (χ1) is 14.0. The van der Waals surface area contributed by atoms with E-state index in [1.807, 2.05) is 37.3 Å². The highest BCUT2D eigenvalue weighted by Gasteiger charge is 2.06. The summed E-state index contributed by atoms with van der Waals surface area (Å²) in [6.45, 7) is 5.91. The minimum absolute atomic E-state index is 0. The van der Waals surface area contributed by atoms with Crippen molar-refractivity contribution < 1.29 is 14.3 Å². The van der Waals surface area contributed by atoms with Crippen molar-refractivity contribution in [2.24, 2.45) is 10.7 Å². The van der Waals surface area contributed by atoms with Gasteiger partial charge in [-0.15, -0.1) is 24.0 Å². The number of aliphatic imine (C=N–C) groups is 1. The smallest absolute Gasteiger partial charge is 0.255 e. The van der Waals surface area contributed by atoms with Gasteiger partial charge in [0, 0.05) is 25.7 Å². The lowest BCUT2D eigenvalue weighted by atomic mass is 10.1. The third-order valence-corrected chi connectivity index (χ3v) is 4.20. The molecule has 7 nitrogen and oxygen atoms in total. The molecule has 2 aromatic carbocycles. The van der Waals surface area contributed by atoms with Gasteiger partial charge in [0.1, 0.15) is 11.5 Å². The van der Waals surface area contributed by atoms with Crippen LogP contribution < -0.4 is 25.8 Å². The van der Waals surface area contributed by atoms with Crippen molar-refractivity contribution in [1.82, 2.24) is 10.6 Å². The van der Waals surface area contributed by atoms with Gasteiger partial charge in [0.2, 0.25) is 0 Å². The van der Waals surface area contributed by atoms with Crippen LogP contribution in [0.5, 0.6) is 11.5 Å². The Bertz CT molecular complexity index is 826. The number of guanidine groups is 1. The molecule has 2 rings (SSSR count). The lowest BCUT2D eigenvalue weighted by molar-refractivity contribution is -0.119. The summed E-state index contributed by atoms with van der Waals surface area (Å²) in [6, 6.07) is 13.8. The molecule has 30 heavy (non-hydrogen) atoms. The van der Waals surface area contributed by atoms with Crippen LogP contribution in [0.2, 0.25) is 0 Å². The monoisotopic (exact) mass is 526 g/mol. The van der Waals surface area contributed by atoms with Gasteiger partial charge in [0.25, 0.3) is 5.91 Å². The summed E-state index contributed by atoms with van der Waals surface area (Å²) in [5.74, 6) is 1.76. The van der Waals surface area contributed by atoms with E-state index in [4.69, 9.17) is 15.2 Å². The highest BCUT2D eigenvalue weighted by molar-refractivity contribution is 14.0. The van der Waals surface area contributed by atoms with Gasteiger partial charge >= 0.3 is 0 Å². The number of rotatable bonds is 10. The molecule has 4 N–H and O–H groups in total. The number of amides is 1. The summed E-state index contributed by atoms with van der Waals surface area (Å²) in [7, 11) is 1.75. The van der Waals surface area contributed by atoms with Gasteiger partial charge in [-0.05, 0) is 49.6 Å². The van der Waals surface area contributed by atoms with Crippen LogP contribution in [0.15, 0.2) is 47.5 Å². The largest absolute Gasteiger partial charge is 0.494 e. The fourth-order valence-corrected chi connectivity index (χ4v) is 2.73. The lowest BCUT2D eigenvalue weighted by Gasteiger charge is -2.15. The molecule has 0 aliphatic heterocycles. The van der Waals surface area contributed by atoms with E-state index in [1.165, 1.54) is 5.56 Å². The minimum Gasteiger partial charge on any atom is -0.494 e. The van der Waals surface area contributed by atoms with Crippen LogP contribution in [-0.2, 0) is 17.8 Å². The second kappa shape index (κ2) is 13.7. The number of primary amides is 1. The second-order valence-electron chi connectivity index (χ2n) is 6.55. The van der Waals surface area contributed by atoms with Crippen LogP contribution in [0.25, 0.3) is 0 Å². The van der Waals surface area contributed by atoms with Crippen molar-refractivity contribution in [1.29, 1.82) is 0 Å². The Morgan fingerprint density at radius 1 is 1.10 bits per heavy atom. The summed E-state index contributed by atoms with van der Waals surface area (Å²) in [6.07, 6.45) is 0.825. The van der Waals surface area contributed by atoms with E-state index in [0.717, 1.165) is 35.8 Å². The van der Waals surface area contributed by atoms with Crippen LogP contribution in [0.3, 0.4) is 0 Å². The Kier molecular flexibility index (Phi) is 11.7. The summed E-state index contributed by atoms with van der Waals surface area (Å²) >= 11 is 0. The molecule has 164 valence electrons. The van der Waals surface area contributed by atoms with Gasteiger partial charge in [-0.3, -0.25) is 9.79 Å². The molecular formula is C22H31IN4O3. The minimum atomic E-state index is -0.490. The highest BCUT2D eigenvalue weighted by Crippen LogP contribution is 2.20. The average Bonchev–Trinajstić information content (AvgIpc) is 2.71. The van der Waals surface area contributed by atoms with Gasteiger partial charge in [-0.2, -0.15) is 0 Å². The highest BCUT2D eigenvalue weighted by atomic mass is 127. The topological polar surface area (TPSA) is 98.0 Å². The molecule has 0 unspecified atom stereocenters. The van der Waals surface area contributed by atoms with Crippen molar-refractivity contribution in [2.75, 3.05) is 26.8 Å². The number of carbonyl (C=O) groups excluding carboxylic acids is 1. The average molecular weight is 526 g/mol. The maximum absolute atomic E-state index is 10.7. The van der Waals surface area contributed by atoms with Gasteiger partial charge in [0.15, 0.2) is 12.6 Å². The molecule has 0 atom stereocenters. The van der Waals surface area contributed by atoms with Crippen molar-refractivity contribution in [3.8, 4) is 11.5 Å². The molecule has 0 saturated carbocycles. The predicted molar refractivity (Wildman–Crippen MR) is 131 cm³/mol. The van der Waals surface area contributed by atoms with Crippen LogP contribution in [0.4, 0.5) is 0 Å². The van der Waals surface area contributed by atoms with Crippen molar-refractivity contribution in [2.45, 2.75) is 26.8 Å². The van der Waals surface area contributed by atoms with Crippen molar-refractivity contribution in [3.63, 3.8) is 0 Å².